The van der Waals surface area contributed by atoms with E-state index in [9.17, 15) is 4.79 Å². The van der Waals surface area contributed by atoms with E-state index >= 15 is 0 Å². The molecule has 8 heteroatoms. The van der Waals surface area contributed by atoms with E-state index in [1.165, 1.54) is 0 Å². The summed E-state index contributed by atoms with van der Waals surface area (Å²) < 4.78 is 5.43. The molecule has 2 aromatic rings. The van der Waals surface area contributed by atoms with Crippen molar-refractivity contribution < 1.29 is 9.32 Å². The maximum Gasteiger partial charge on any atom is 0.217 e. The molecule has 1 aromatic heterocycles. The van der Waals surface area contributed by atoms with Gasteiger partial charge < -0.3 is 20.5 Å². The summed E-state index contributed by atoms with van der Waals surface area (Å²) in [4.78, 5) is 17.7. The molecule has 0 bridgehead atoms. The van der Waals surface area contributed by atoms with Crippen LogP contribution >= 0.6 is 24.0 Å². The number of aliphatic imine (C=N–C) groups is 1. The molecule has 1 atom stereocenters. The Balaban J connectivity index is 0.00000261. The first kappa shape index (κ1) is 21.2. The summed E-state index contributed by atoms with van der Waals surface area (Å²) in [5, 5.41) is 7.45. The Morgan fingerprint density at radius 1 is 1.41 bits per heavy atom. The maximum absolute atomic E-state index is 11.2. The molecular weight excluding hydrogens is 457 g/mol. The van der Waals surface area contributed by atoms with Gasteiger partial charge in [0.25, 0.3) is 0 Å². The number of benzene rings is 1. The molecule has 1 unspecified atom stereocenters. The number of halogens is 1. The number of carbonyl (C=O) groups is 1. The van der Waals surface area contributed by atoms with E-state index in [1.54, 1.807) is 7.05 Å². The summed E-state index contributed by atoms with van der Waals surface area (Å²) in [6.45, 7) is 2.21. The minimum absolute atomic E-state index is 0. The van der Waals surface area contributed by atoms with Gasteiger partial charge in [0.1, 0.15) is 5.69 Å². The fourth-order valence-electron chi connectivity index (χ4n) is 3.35. The van der Waals surface area contributed by atoms with Crippen molar-refractivity contribution in [2.24, 2.45) is 16.6 Å². The zero-order valence-corrected chi connectivity index (χ0v) is 17.8. The zero-order chi connectivity index (χ0) is 18.4. The smallest absolute Gasteiger partial charge is 0.217 e. The van der Waals surface area contributed by atoms with Gasteiger partial charge in [-0.1, -0.05) is 35.5 Å². The van der Waals surface area contributed by atoms with Crippen LogP contribution in [-0.2, 0) is 11.3 Å². The number of nitrogens with one attached hydrogen (secondary N) is 1. The summed E-state index contributed by atoms with van der Waals surface area (Å²) in [6, 6.07) is 11.9. The van der Waals surface area contributed by atoms with Gasteiger partial charge in [0, 0.05) is 38.2 Å². The third kappa shape index (κ3) is 5.95. The Labute approximate surface area is 176 Å². The van der Waals surface area contributed by atoms with Gasteiger partial charge in [-0.3, -0.25) is 9.79 Å². The van der Waals surface area contributed by atoms with Crippen LogP contribution in [0.2, 0.25) is 0 Å². The molecule has 27 heavy (non-hydrogen) atoms. The van der Waals surface area contributed by atoms with Crippen LogP contribution < -0.4 is 11.1 Å². The second-order valence-electron chi connectivity index (χ2n) is 6.57. The van der Waals surface area contributed by atoms with E-state index in [1.807, 2.05) is 36.4 Å². The second kappa shape index (κ2) is 10.3. The minimum atomic E-state index is -0.241. The molecule has 1 saturated heterocycles. The molecular formula is C19H26IN5O2. The maximum atomic E-state index is 11.2. The average molecular weight is 483 g/mol. The van der Waals surface area contributed by atoms with Gasteiger partial charge in [0.05, 0.1) is 6.54 Å². The molecule has 1 amide bonds. The van der Waals surface area contributed by atoms with Gasteiger partial charge in [0.15, 0.2) is 11.7 Å². The first-order valence-electron chi connectivity index (χ1n) is 8.90. The van der Waals surface area contributed by atoms with E-state index in [0.29, 0.717) is 13.0 Å². The normalized spacial score (nSPS) is 17.3. The van der Waals surface area contributed by atoms with Crippen LogP contribution in [0.4, 0.5) is 0 Å². The van der Waals surface area contributed by atoms with Gasteiger partial charge in [0.2, 0.25) is 5.91 Å². The molecule has 0 saturated carbocycles. The quantitative estimate of drug-likeness (QED) is 0.387. The summed E-state index contributed by atoms with van der Waals surface area (Å²) in [7, 11) is 1.76. The van der Waals surface area contributed by atoms with Gasteiger partial charge in [-0.25, -0.2) is 0 Å². The number of nitrogens with two attached hydrogens (primary N) is 1. The third-order valence-electron chi connectivity index (χ3n) is 4.57. The average Bonchev–Trinajstić information content (AvgIpc) is 3.12. The molecule has 1 fully saturated rings. The number of likely N-dealkylation sites (tertiary alicyclic amines) is 1. The Kier molecular flexibility index (Phi) is 8.08. The van der Waals surface area contributed by atoms with E-state index in [2.05, 4.69) is 20.4 Å². The van der Waals surface area contributed by atoms with Gasteiger partial charge in [-0.05, 0) is 18.8 Å². The van der Waals surface area contributed by atoms with E-state index in [4.69, 9.17) is 10.3 Å². The van der Waals surface area contributed by atoms with E-state index < -0.39 is 0 Å². The summed E-state index contributed by atoms with van der Waals surface area (Å²) in [6.07, 6.45) is 2.48. The molecule has 1 aliphatic heterocycles. The lowest BCUT2D eigenvalue weighted by Gasteiger charge is -2.34. The van der Waals surface area contributed by atoms with Gasteiger partial charge in [-0.2, -0.15) is 0 Å². The molecule has 7 nitrogen and oxygen atoms in total. The van der Waals surface area contributed by atoms with Crippen molar-refractivity contribution in [2.45, 2.75) is 25.8 Å². The Morgan fingerprint density at radius 2 is 2.19 bits per heavy atom. The standard InChI is InChI=1S/C19H25N5O2.HI/c1-21-19(24-9-5-6-14(13-24)10-18(20)25)22-12-16-11-17(23-26-16)15-7-3-2-4-8-15;/h2-4,7-8,11,14H,5-6,9-10,12-13H2,1H3,(H2,20,25)(H,21,22);1H. The van der Waals surface area contributed by atoms with Crippen molar-refractivity contribution in [3.05, 3.63) is 42.2 Å². The van der Waals surface area contributed by atoms with Crippen LogP contribution in [0.1, 0.15) is 25.0 Å². The molecule has 1 aliphatic rings. The zero-order valence-electron chi connectivity index (χ0n) is 15.4. The van der Waals surface area contributed by atoms with Crippen LogP contribution in [0.25, 0.3) is 11.3 Å². The highest BCUT2D eigenvalue weighted by Crippen LogP contribution is 2.20. The summed E-state index contributed by atoms with van der Waals surface area (Å²) in [5.41, 5.74) is 7.18. The fraction of sp³-hybridized carbons (Fsp3) is 0.421. The number of rotatable bonds is 5. The van der Waals surface area contributed by atoms with Crippen molar-refractivity contribution in [2.75, 3.05) is 20.1 Å². The highest BCUT2D eigenvalue weighted by Gasteiger charge is 2.23. The molecule has 0 spiro atoms. The molecule has 0 radical (unpaired) electrons. The number of piperidine rings is 1. The number of amides is 1. The lowest BCUT2D eigenvalue weighted by molar-refractivity contribution is -0.119. The molecule has 3 rings (SSSR count). The van der Waals surface area contributed by atoms with Crippen molar-refractivity contribution >= 4 is 35.8 Å². The number of hydrogen-bond donors (Lipinski definition) is 2. The van der Waals surface area contributed by atoms with Crippen molar-refractivity contribution in [1.82, 2.24) is 15.4 Å². The largest absolute Gasteiger partial charge is 0.370 e. The number of nitrogens with zero attached hydrogens (tertiary/aromatic N) is 3. The number of hydrogen-bond acceptors (Lipinski definition) is 4. The van der Waals surface area contributed by atoms with Crippen LogP contribution in [0.3, 0.4) is 0 Å². The van der Waals surface area contributed by atoms with Crippen LogP contribution in [0, 0.1) is 5.92 Å². The fourth-order valence-corrected chi connectivity index (χ4v) is 3.35. The molecule has 0 aliphatic carbocycles. The van der Waals surface area contributed by atoms with E-state index in [-0.39, 0.29) is 35.8 Å². The summed E-state index contributed by atoms with van der Waals surface area (Å²) in [5.74, 6) is 1.59. The van der Waals surface area contributed by atoms with Crippen molar-refractivity contribution in [1.29, 1.82) is 0 Å². The first-order valence-corrected chi connectivity index (χ1v) is 8.90. The van der Waals surface area contributed by atoms with Crippen LogP contribution in [-0.4, -0.2) is 42.1 Å². The first-order chi connectivity index (χ1) is 12.7. The van der Waals surface area contributed by atoms with Gasteiger partial charge >= 0.3 is 0 Å². The van der Waals surface area contributed by atoms with Gasteiger partial charge in [-0.15, -0.1) is 24.0 Å². The number of aromatic nitrogens is 1. The monoisotopic (exact) mass is 483 g/mol. The number of guanidine groups is 1. The predicted octanol–water partition coefficient (Wildman–Crippen LogP) is 2.62. The Hall–Kier alpha value is -2.10. The highest BCUT2D eigenvalue weighted by atomic mass is 127. The Morgan fingerprint density at radius 3 is 2.89 bits per heavy atom. The second-order valence-corrected chi connectivity index (χ2v) is 6.57. The van der Waals surface area contributed by atoms with Crippen LogP contribution in [0.15, 0.2) is 45.9 Å². The number of carbonyl (C=O) groups excluding carboxylic acids is 1. The third-order valence-corrected chi connectivity index (χ3v) is 4.57. The SMILES string of the molecule is CN=C(NCc1cc(-c2ccccc2)no1)N1CCCC(CC(N)=O)C1.I. The number of primary amides is 1. The highest BCUT2D eigenvalue weighted by molar-refractivity contribution is 14.0. The predicted molar refractivity (Wildman–Crippen MR) is 116 cm³/mol. The lowest BCUT2D eigenvalue weighted by atomic mass is 9.95. The molecule has 3 N–H and O–H groups in total. The van der Waals surface area contributed by atoms with Crippen molar-refractivity contribution in [3.63, 3.8) is 0 Å². The summed E-state index contributed by atoms with van der Waals surface area (Å²) >= 11 is 0. The lowest BCUT2D eigenvalue weighted by Crippen LogP contribution is -2.46. The van der Waals surface area contributed by atoms with E-state index in [0.717, 1.165) is 48.9 Å². The topological polar surface area (TPSA) is 96.8 Å². The molecule has 2 heterocycles. The molecule has 146 valence electrons. The Bertz CT molecular complexity index is 762. The minimum Gasteiger partial charge on any atom is -0.370 e. The van der Waals surface area contributed by atoms with Crippen LogP contribution in [0.5, 0.6) is 0 Å². The molecule has 1 aromatic carbocycles. The van der Waals surface area contributed by atoms with Crippen molar-refractivity contribution in [3.8, 4) is 11.3 Å².